The van der Waals surface area contributed by atoms with Crippen LogP contribution < -0.4 is 4.74 Å². The summed E-state index contributed by atoms with van der Waals surface area (Å²) in [5.74, 6) is 0.959. The molecule has 0 spiro atoms. The van der Waals surface area contributed by atoms with Crippen molar-refractivity contribution in [2.24, 2.45) is 0 Å². The third-order valence-corrected chi connectivity index (χ3v) is 3.04. The predicted octanol–water partition coefficient (Wildman–Crippen LogP) is 3.66. The first kappa shape index (κ1) is 10.1. The minimum absolute atomic E-state index is 0.804. The Morgan fingerprint density at radius 1 is 1.42 bits per heavy atom. The van der Waals surface area contributed by atoms with E-state index in [0.717, 1.165) is 26.7 Å². The maximum Gasteiger partial charge on any atom is 0.126 e. The van der Waals surface area contributed by atoms with Gasteiger partial charge in [0.2, 0.25) is 0 Å². The van der Waals surface area contributed by atoms with Gasteiger partial charge in [-0.3, -0.25) is 0 Å². The lowest BCUT2D eigenvalue weighted by molar-refractivity contribution is 0.408. The highest BCUT2D eigenvalue weighted by molar-refractivity contribution is 9.10. The summed E-state index contributed by atoms with van der Waals surface area (Å²) in [7, 11) is 1.70. The Balaban J connectivity index is 3.28. The molecule has 1 nitrogen and oxygen atoms in total. The van der Waals surface area contributed by atoms with Crippen LogP contribution in [-0.2, 0) is 5.33 Å². The highest BCUT2D eigenvalue weighted by atomic mass is 79.9. The Morgan fingerprint density at radius 2 is 2.08 bits per heavy atom. The van der Waals surface area contributed by atoms with Crippen LogP contribution in [0.1, 0.15) is 11.1 Å². The summed E-state index contributed by atoms with van der Waals surface area (Å²) in [5, 5.41) is 0.804. The molecule has 1 rings (SSSR count). The Bertz CT molecular complexity index is 255. The van der Waals surface area contributed by atoms with Crippen LogP contribution in [0.25, 0.3) is 0 Å². The summed E-state index contributed by atoms with van der Waals surface area (Å²) < 4.78 is 6.37. The van der Waals surface area contributed by atoms with Crippen molar-refractivity contribution in [1.29, 1.82) is 0 Å². The average Bonchev–Trinajstić information content (AvgIpc) is 2.08. The zero-order chi connectivity index (χ0) is 9.14. The van der Waals surface area contributed by atoms with Gasteiger partial charge in [-0.25, -0.2) is 0 Å². The van der Waals surface area contributed by atoms with Gasteiger partial charge in [-0.1, -0.05) is 37.9 Å². The lowest BCUT2D eigenvalue weighted by Crippen LogP contribution is -1.93. The van der Waals surface area contributed by atoms with Crippen molar-refractivity contribution < 1.29 is 4.74 Å². The minimum Gasteiger partial charge on any atom is -0.496 e. The van der Waals surface area contributed by atoms with Crippen LogP contribution in [0.5, 0.6) is 5.75 Å². The molecule has 0 amide bonds. The molecule has 1 aromatic carbocycles. The van der Waals surface area contributed by atoms with Gasteiger partial charge in [-0.05, 0) is 18.6 Å². The standard InChI is InChI=1S/C9H10Br2O/c1-6-3-4-8(11)7(5-10)9(6)12-2/h3-4H,5H2,1-2H3. The average molecular weight is 294 g/mol. The summed E-state index contributed by atoms with van der Waals surface area (Å²) in [4.78, 5) is 0. The van der Waals surface area contributed by atoms with Crippen LogP contribution in [0.3, 0.4) is 0 Å². The molecule has 0 aromatic heterocycles. The lowest BCUT2D eigenvalue weighted by atomic mass is 10.1. The number of hydrogen-bond acceptors (Lipinski definition) is 1. The van der Waals surface area contributed by atoms with Crippen LogP contribution in [-0.4, -0.2) is 7.11 Å². The summed E-state index contributed by atoms with van der Waals surface area (Å²) in [6, 6.07) is 4.07. The van der Waals surface area contributed by atoms with Crippen LogP contribution >= 0.6 is 31.9 Å². The van der Waals surface area contributed by atoms with E-state index in [0.29, 0.717) is 0 Å². The molecular formula is C9H10Br2O. The van der Waals surface area contributed by atoms with Crippen LogP contribution in [0.15, 0.2) is 16.6 Å². The molecule has 12 heavy (non-hydrogen) atoms. The van der Waals surface area contributed by atoms with Gasteiger partial charge in [0, 0.05) is 15.4 Å². The molecule has 0 aliphatic heterocycles. The summed E-state index contributed by atoms with van der Waals surface area (Å²) in [6.45, 7) is 2.04. The summed E-state index contributed by atoms with van der Waals surface area (Å²) in [6.07, 6.45) is 0. The van der Waals surface area contributed by atoms with Crippen molar-refractivity contribution in [2.45, 2.75) is 12.3 Å². The third kappa shape index (κ3) is 1.83. The van der Waals surface area contributed by atoms with E-state index in [9.17, 15) is 0 Å². The quantitative estimate of drug-likeness (QED) is 0.756. The van der Waals surface area contributed by atoms with Crippen molar-refractivity contribution in [3.05, 3.63) is 27.7 Å². The molecule has 0 bridgehead atoms. The number of ether oxygens (including phenoxy) is 1. The van der Waals surface area contributed by atoms with Gasteiger partial charge in [-0.15, -0.1) is 0 Å². The monoisotopic (exact) mass is 292 g/mol. The molecule has 0 unspecified atom stereocenters. The highest BCUT2D eigenvalue weighted by Crippen LogP contribution is 2.31. The van der Waals surface area contributed by atoms with Crippen LogP contribution in [0.2, 0.25) is 0 Å². The van der Waals surface area contributed by atoms with E-state index in [1.165, 1.54) is 0 Å². The molecule has 0 saturated heterocycles. The molecule has 0 aliphatic carbocycles. The van der Waals surface area contributed by atoms with Gasteiger partial charge < -0.3 is 4.74 Å². The molecule has 0 saturated carbocycles. The fourth-order valence-corrected chi connectivity index (χ4v) is 2.51. The molecule has 0 N–H and O–H groups in total. The second-order valence-corrected chi connectivity index (χ2v) is 3.92. The maximum absolute atomic E-state index is 5.29. The van der Waals surface area contributed by atoms with Gasteiger partial charge in [0.15, 0.2) is 0 Å². The molecule has 0 fully saturated rings. The van der Waals surface area contributed by atoms with Crippen molar-refractivity contribution in [3.8, 4) is 5.75 Å². The molecule has 1 aromatic rings. The Kier molecular flexibility index (Phi) is 3.59. The molecule has 3 heteroatoms. The van der Waals surface area contributed by atoms with Crippen molar-refractivity contribution in [3.63, 3.8) is 0 Å². The number of halogens is 2. The number of rotatable bonds is 2. The van der Waals surface area contributed by atoms with Gasteiger partial charge in [0.1, 0.15) is 5.75 Å². The molecule has 66 valence electrons. The topological polar surface area (TPSA) is 9.23 Å². The number of methoxy groups -OCH3 is 1. The number of hydrogen-bond donors (Lipinski definition) is 0. The van der Waals surface area contributed by atoms with E-state index in [1.807, 2.05) is 19.1 Å². The second-order valence-electron chi connectivity index (χ2n) is 2.51. The number of aryl methyl sites for hydroxylation is 1. The fourth-order valence-electron chi connectivity index (χ4n) is 1.13. The van der Waals surface area contributed by atoms with E-state index >= 15 is 0 Å². The smallest absolute Gasteiger partial charge is 0.126 e. The van der Waals surface area contributed by atoms with E-state index < -0.39 is 0 Å². The predicted molar refractivity (Wildman–Crippen MR) is 58.1 cm³/mol. The highest BCUT2D eigenvalue weighted by Gasteiger charge is 2.08. The summed E-state index contributed by atoms with van der Waals surface area (Å²) in [5.41, 5.74) is 2.33. The van der Waals surface area contributed by atoms with E-state index in [4.69, 9.17) is 4.74 Å². The number of benzene rings is 1. The van der Waals surface area contributed by atoms with E-state index in [-0.39, 0.29) is 0 Å². The first-order chi connectivity index (χ1) is 5.70. The van der Waals surface area contributed by atoms with Crippen molar-refractivity contribution in [2.75, 3.05) is 7.11 Å². The number of alkyl halides is 1. The Labute approximate surface area is 89.4 Å². The largest absolute Gasteiger partial charge is 0.496 e. The van der Waals surface area contributed by atoms with Crippen LogP contribution in [0, 0.1) is 6.92 Å². The summed E-state index contributed by atoms with van der Waals surface area (Å²) >= 11 is 6.90. The third-order valence-electron chi connectivity index (χ3n) is 1.74. The zero-order valence-corrected chi connectivity index (χ0v) is 10.2. The molecular weight excluding hydrogens is 284 g/mol. The fraction of sp³-hybridized carbons (Fsp3) is 0.333. The first-order valence-corrected chi connectivity index (χ1v) is 5.50. The minimum atomic E-state index is 0.804. The van der Waals surface area contributed by atoms with Gasteiger partial charge in [0.05, 0.1) is 7.11 Å². The van der Waals surface area contributed by atoms with Crippen molar-refractivity contribution in [1.82, 2.24) is 0 Å². The molecule has 0 aliphatic rings. The normalized spacial score (nSPS) is 10.0. The molecule has 0 atom stereocenters. The molecule has 0 radical (unpaired) electrons. The Morgan fingerprint density at radius 3 is 2.50 bits per heavy atom. The first-order valence-electron chi connectivity index (χ1n) is 3.58. The van der Waals surface area contributed by atoms with Crippen LogP contribution in [0.4, 0.5) is 0 Å². The van der Waals surface area contributed by atoms with Gasteiger partial charge >= 0.3 is 0 Å². The van der Waals surface area contributed by atoms with E-state index in [1.54, 1.807) is 7.11 Å². The Hall–Kier alpha value is -0.0200. The van der Waals surface area contributed by atoms with Gasteiger partial charge in [0.25, 0.3) is 0 Å². The zero-order valence-electron chi connectivity index (χ0n) is 7.03. The molecule has 0 heterocycles. The van der Waals surface area contributed by atoms with Gasteiger partial charge in [-0.2, -0.15) is 0 Å². The second kappa shape index (κ2) is 4.28. The maximum atomic E-state index is 5.29. The lowest BCUT2D eigenvalue weighted by Gasteiger charge is -2.10. The van der Waals surface area contributed by atoms with E-state index in [2.05, 4.69) is 31.9 Å². The SMILES string of the molecule is COc1c(C)ccc(Br)c1CBr. The van der Waals surface area contributed by atoms with Crippen molar-refractivity contribution >= 4 is 31.9 Å².